The van der Waals surface area contributed by atoms with E-state index >= 15 is 0 Å². The molecular formula is C11H14BrN. The molecule has 0 heterocycles. The summed E-state index contributed by atoms with van der Waals surface area (Å²) in [6.45, 7) is 6.39. The number of aliphatic imine (C=N–C) groups is 1. The van der Waals surface area contributed by atoms with Gasteiger partial charge in [0, 0.05) is 5.41 Å². The van der Waals surface area contributed by atoms with Crippen LogP contribution in [0.3, 0.4) is 0 Å². The first-order chi connectivity index (χ1) is 6.00. The molecule has 0 spiro atoms. The summed E-state index contributed by atoms with van der Waals surface area (Å²) in [4.78, 5) is 4.46. The van der Waals surface area contributed by atoms with Gasteiger partial charge in [-0.05, 0) is 28.1 Å². The van der Waals surface area contributed by atoms with Crippen molar-refractivity contribution in [2.24, 2.45) is 10.4 Å². The van der Waals surface area contributed by atoms with Crippen LogP contribution in [0.15, 0.2) is 35.3 Å². The quantitative estimate of drug-likeness (QED) is 0.653. The lowest BCUT2D eigenvalue weighted by atomic mass is 9.99. The van der Waals surface area contributed by atoms with E-state index in [-0.39, 0.29) is 5.41 Å². The Kier molecular flexibility index (Phi) is 3.26. The van der Waals surface area contributed by atoms with Gasteiger partial charge in [-0.25, -0.2) is 4.99 Å². The third kappa shape index (κ3) is 3.31. The Bertz CT molecular complexity index is 296. The van der Waals surface area contributed by atoms with Gasteiger partial charge in [0.25, 0.3) is 0 Å². The fraction of sp³-hybridized carbons (Fsp3) is 0.364. The molecule has 0 unspecified atom stereocenters. The Balaban J connectivity index is 2.90. The van der Waals surface area contributed by atoms with Crippen molar-refractivity contribution < 1.29 is 0 Å². The predicted molar refractivity (Wildman–Crippen MR) is 61.9 cm³/mol. The molecule has 0 saturated heterocycles. The van der Waals surface area contributed by atoms with E-state index in [1.165, 1.54) is 0 Å². The predicted octanol–water partition coefficient (Wildman–Crippen LogP) is 4.16. The Hall–Kier alpha value is -0.630. The van der Waals surface area contributed by atoms with Gasteiger partial charge in [-0.3, -0.25) is 0 Å². The normalized spacial score (nSPS) is 13.1. The van der Waals surface area contributed by atoms with Gasteiger partial charge in [-0.15, -0.1) is 0 Å². The first kappa shape index (κ1) is 10.5. The summed E-state index contributed by atoms with van der Waals surface area (Å²) in [5.41, 5.74) is 1.07. The summed E-state index contributed by atoms with van der Waals surface area (Å²) >= 11 is 3.49. The molecule has 0 aliphatic carbocycles. The van der Waals surface area contributed by atoms with Crippen LogP contribution in [0.5, 0.6) is 0 Å². The summed E-state index contributed by atoms with van der Waals surface area (Å²) in [6.07, 6.45) is 0. The van der Waals surface area contributed by atoms with Crippen LogP contribution in [0.4, 0.5) is 5.69 Å². The van der Waals surface area contributed by atoms with E-state index in [1.54, 1.807) is 0 Å². The zero-order valence-corrected chi connectivity index (χ0v) is 9.80. The molecule has 1 aromatic rings. The van der Waals surface area contributed by atoms with Crippen molar-refractivity contribution in [3.05, 3.63) is 30.3 Å². The lowest BCUT2D eigenvalue weighted by Gasteiger charge is -2.15. The Morgan fingerprint density at radius 1 is 1.15 bits per heavy atom. The number of hydrogen-bond donors (Lipinski definition) is 0. The van der Waals surface area contributed by atoms with Crippen molar-refractivity contribution >= 4 is 26.2 Å². The van der Waals surface area contributed by atoms with Gasteiger partial charge in [0.1, 0.15) is 0 Å². The van der Waals surface area contributed by atoms with E-state index in [0.717, 1.165) is 10.3 Å². The SMILES string of the molecule is CC(C)(C)C(Br)=Nc1ccccc1. The van der Waals surface area contributed by atoms with Crippen LogP contribution in [0, 0.1) is 5.41 Å². The minimum absolute atomic E-state index is 0.0792. The average Bonchev–Trinajstić information content (AvgIpc) is 2.04. The zero-order valence-electron chi connectivity index (χ0n) is 8.21. The maximum Gasteiger partial charge on any atom is 0.0889 e. The van der Waals surface area contributed by atoms with Crippen LogP contribution in [0.25, 0.3) is 0 Å². The Labute approximate surface area is 88.0 Å². The number of benzene rings is 1. The van der Waals surface area contributed by atoms with Crippen molar-refractivity contribution in [1.82, 2.24) is 0 Å². The van der Waals surface area contributed by atoms with Gasteiger partial charge < -0.3 is 0 Å². The second kappa shape index (κ2) is 4.05. The largest absolute Gasteiger partial charge is 0.245 e. The lowest BCUT2D eigenvalue weighted by molar-refractivity contribution is 0.603. The van der Waals surface area contributed by atoms with Crippen LogP contribution in [0.1, 0.15) is 20.8 Å². The van der Waals surface area contributed by atoms with Crippen molar-refractivity contribution in [3.63, 3.8) is 0 Å². The van der Waals surface area contributed by atoms with Crippen LogP contribution in [0.2, 0.25) is 0 Å². The third-order valence-electron chi connectivity index (χ3n) is 1.60. The van der Waals surface area contributed by atoms with Crippen LogP contribution < -0.4 is 0 Å². The Morgan fingerprint density at radius 3 is 2.15 bits per heavy atom. The van der Waals surface area contributed by atoms with Gasteiger partial charge in [0.05, 0.1) is 10.3 Å². The molecule has 0 N–H and O–H groups in total. The highest BCUT2D eigenvalue weighted by Gasteiger charge is 2.15. The van der Waals surface area contributed by atoms with E-state index in [1.807, 2.05) is 30.3 Å². The number of rotatable bonds is 1. The highest BCUT2D eigenvalue weighted by molar-refractivity contribution is 9.18. The molecule has 70 valence electrons. The van der Waals surface area contributed by atoms with Crippen molar-refractivity contribution in [1.29, 1.82) is 0 Å². The molecule has 0 aliphatic heterocycles. The highest BCUT2D eigenvalue weighted by Crippen LogP contribution is 2.23. The fourth-order valence-corrected chi connectivity index (χ4v) is 0.988. The third-order valence-corrected chi connectivity index (χ3v) is 2.97. The molecule has 0 amide bonds. The van der Waals surface area contributed by atoms with E-state index in [2.05, 4.69) is 41.7 Å². The molecule has 1 rings (SSSR count). The van der Waals surface area contributed by atoms with Gasteiger partial charge >= 0.3 is 0 Å². The summed E-state index contributed by atoms with van der Waals surface area (Å²) < 4.78 is 0.978. The van der Waals surface area contributed by atoms with Gasteiger partial charge in [0.2, 0.25) is 0 Å². The van der Waals surface area contributed by atoms with Gasteiger partial charge in [-0.1, -0.05) is 39.0 Å². The first-order valence-corrected chi connectivity index (χ1v) is 5.09. The van der Waals surface area contributed by atoms with E-state index < -0.39 is 0 Å². The molecule has 0 bridgehead atoms. The summed E-state index contributed by atoms with van der Waals surface area (Å²) in [7, 11) is 0. The first-order valence-electron chi connectivity index (χ1n) is 4.30. The molecule has 0 atom stereocenters. The average molecular weight is 240 g/mol. The molecule has 0 radical (unpaired) electrons. The maximum absolute atomic E-state index is 4.46. The number of halogens is 1. The summed E-state index contributed by atoms with van der Waals surface area (Å²) in [5.74, 6) is 0. The van der Waals surface area contributed by atoms with Gasteiger partial charge in [-0.2, -0.15) is 0 Å². The number of para-hydroxylation sites is 1. The lowest BCUT2D eigenvalue weighted by Crippen LogP contribution is -2.13. The van der Waals surface area contributed by atoms with E-state index in [4.69, 9.17) is 0 Å². The van der Waals surface area contributed by atoms with Gasteiger partial charge in [0.15, 0.2) is 0 Å². The van der Waals surface area contributed by atoms with Crippen LogP contribution >= 0.6 is 15.9 Å². The topological polar surface area (TPSA) is 12.4 Å². The fourth-order valence-electron chi connectivity index (χ4n) is 0.784. The molecule has 0 aromatic heterocycles. The summed E-state index contributed by atoms with van der Waals surface area (Å²) in [5, 5.41) is 0. The molecule has 0 aliphatic rings. The smallest absolute Gasteiger partial charge is 0.0889 e. The minimum Gasteiger partial charge on any atom is -0.245 e. The Morgan fingerprint density at radius 2 is 1.69 bits per heavy atom. The number of hydrogen-bond acceptors (Lipinski definition) is 1. The standard InChI is InChI=1S/C11H14BrN/c1-11(2,3)10(12)13-9-7-5-4-6-8-9/h4-8H,1-3H3. The molecule has 13 heavy (non-hydrogen) atoms. The molecular weight excluding hydrogens is 226 g/mol. The molecule has 0 saturated carbocycles. The monoisotopic (exact) mass is 239 g/mol. The van der Waals surface area contributed by atoms with Crippen LogP contribution in [-0.4, -0.2) is 4.62 Å². The van der Waals surface area contributed by atoms with Crippen molar-refractivity contribution in [3.8, 4) is 0 Å². The molecule has 1 aromatic carbocycles. The second-order valence-corrected chi connectivity index (χ2v) is 4.74. The minimum atomic E-state index is 0.0792. The zero-order chi connectivity index (χ0) is 9.90. The summed E-state index contributed by atoms with van der Waals surface area (Å²) in [6, 6.07) is 9.95. The van der Waals surface area contributed by atoms with E-state index in [9.17, 15) is 0 Å². The highest BCUT2D eigenvalue weighted by atomic mass is 79.9. The maximum atomic E-state index is 4.46. The second-order valence-electron chi connectivity index (χ2n) is 3.99. The van der Waals surface area contributed by atoms with Crippen molar-refractivity contribution in [2.75, 3.05) is 0 Å². The molecule has 1 nitrogen and oxygen atoms in total. The molecule has 0 fully saturated rings. The van der Waals surface area contributed by atoms with Crippen molar-refractivity contribution in [2.45, 2.75) is 20.8 Å². The number of nitrogens with zero attached hydrogens (tertiary/aromatic N) is 1. The van der Waals surface area contributed by atoms with Crippen LogP contribution in [-0.2, 0) is 0 Å². The van der Waals surface area contributed by atoms with E-state index in [0.29, 0.717) is 0 Å². The molecule has 2 heteroatoms.